The van der Waals surface area contributed by atoms with E-state index in [4.69, 9.17) is 0 Å². The van der Waals surface area contributed by atoms with Crippen LogP contribution in [-0.2, 0) is 6.42 Å². The molecule has 3 rings (SSSR count). The van der Waals surface area contributed by atoms with E-state index in [-0.39, 0.29) is 0 Å². The van der Waals surface area contributed by atoms with Gasteiger partial charge >= 0.3 is 0 Å². The number of aromatic nitrogens is 3. The standard InChI is InChI=1S/C17H16BrN5/c18-14-8-4-5-9-15(14)21-16-12-20-23-17(22-16)19-11-10-13-6-2-1-3-7-13/h1-9,12H,10-11H2,(H2,19,21,22,23). The van der Waals surface area contributed by atoms with E-state index in [9.17, 15) is 0 Å². The number of rotatable bonds is 6. The molecule has 23 heavy (non-hydrogen) atoms. The molecule has 2 N–H and O–H groups in total. The SMILES string of the molecule is Brc1ccccc1Nc1cnnc(NCCc2ccccc2)n1. The number of para-hydroxylation sites is 1. The predicted octanol–water partition coefficient (Wildman–Crippen LogP) is 4.03. The van der Waals surface area contributed by atoms with Crippen molar-refractivity contribution in [2.24, 2.45) is 0 Å². The lowest BCUT2D eigenvalue weighted by atomic mass is 10.1. The third-order valence-corrected chi connectivity index (χ3v) is 3.93. The number of anilines is 3. The highest BCUT2D eigenvalue weighted by Gasteiger charge is 2.03. The molecule has 0 amide bonds. The number of benzene rings is 2. The molecule has 3 aromatic rings. The number of halogens is 1. The Bertz CT molecular complexity index is 764. The Morgan fingerprint density at radius 2 is 1.74 bits per heavy atom. The molecule has 0 aliphatic rings. The van der Waals surface area contributed by atoms with Gasteiger partial charge in [0.1, 0.15) is 0 Å². The van der Waals surface area contributed by atoms with Crippen LogP contribution in [0.4, 0.5) is 17.5 Å². The Morgan fingerprint density at radius 3 is 2.57 bits per heavy atom. The summed E-state index contributed by atoms with van der Waals surface area (Å²) in [6, 6.07) is 18.2. The second-order valence-electron chi connectivity index (χ2n) is 4.93. The lowest BCUT2D eigenvalue weighted by Crippen LogP contribution is -2.09. The Kier molecular flexibility index (Phi) is 5.16. The van der Waals surface area contributed by atoms with Gasteiger partial charge in [0.25, 0.3) is 0 Å². The lowest BCUT2D eigenvalue weighted by molar-refractivity contribution is 0.929. The van der Waals surface area contributed by atoms with Gasteiger partial charge in [-0.15, -0.1) is 5.10 Å². The summed E-state index contributed by atoms with van der Waals surface area (Å²) in [5, 5.41) is 14.4. The van der Waals surface area contributed by atoms with Crippen LogP contribution >= 0.6 is 15.9 Å². The molecule has 0 aliphatic heterocycles. The summed E-state index contributed by atoms with van der Waals surface area (Å²) in [5.74, 6) is 1.16. The van der Waals surface area contributed by atoms with Gasteiger partial charge in [-0.1, -0.05) is 42.5 Å². The van der Waals surface area contributed by atoms with Gasteiger partial charge in [0.2, 0.25) is 5.95 Å². The maximum Gasteiger partial charge on any atom is 0.244 e. The largest absolute Gasteiger partial charge is 0.353 e. The van der Waals surface area contributed by atoms with Crippen LogP contribution in [0.5, 0.6) is 0 Å². The quantitative estimate of drug-likeness (QED) is 0.686. The highest BCUT2D eigenvalue weighted by Crippen LogP contribution is 2.24. The van der Waals surface area contributed by atoms with Gasteiger partial charge in [-0.05, 0) is 40.0 Å². The highest BCUT2D eigenvalue weighted by atomic mass is 79.9. The van der Waals surface area contributed by atoms with Crippen LogP contribution in [0.25, 0.3) is 0 Å². The summed E-state index contributed by atoms with van der Waals surface area (Å²) in [6.45, 7) is 0.754. The smallest absolute Gasteiger partial charge is 0.244 e. The van der Waals surface area contributed by atoms with Crippen molar-refractivity contribution in [1.29, 1.82) is 0 Å². The molecule has 0 fully saturated rings. The van der Waals surface area contributed by atoms with Gasteiger partial charge in [-0.2, -0.15) is 10.1 Å². The molecule has 116 valence electrons. The van der Waals surface area contributed by atoms with Gasteiger partial charge in [-0.25, -0.2) is 0 Å². The summed E-state index contributed by atoms with van der Waals surface area (Å²) in [4.78, 5) is 4.42. The average Bonchev–Trinajstić information content (AvgIpc) is 2.58. The van der Waals surface area contributed by atoms with Crippen molar-refractivity contribution in [3.05, 3.63) is 70.8 Å². The zero-order chi connectivity index (χ0) is 15.9. The Balaban J connectivity index is 1.60. The summed E-state index contributed by atoms with van der Waals surface area (Å²) >= 11 is 3.50. The molecule has 0 spiro atoms. The monoisotopic (exact) mass is 369 g/mol. The molecule has 0 atom stereocenters. The second kappa shape index (κ2) is 7.69. The van der Waals surface area contributed by atoms with E-state index in [2.05, 4.69) is 53.9 Å². The fraction of sp³-hybridized carbons (Fsp3) is 0.118. The molecule has 6 heteroatoms. The van der Waals surface area contributed by atoms with Crippen LogP contribution in [0.15, 0.2) is 65.3 Å². The van der Waals surface area contributed by atoms with Crippen molar-refractivity contribution in [2.45, 2.75) is 6.42 Å². The van der Waals surface area contributed by atoms with E-state index in [1.807, 2.05) is 42.5 Å². The number of hydrogen-bond acceptors (Lipinski definition) is 5. The van der Waals surface area contributed by atoms with E-state index in [1.165, 1.54) is 5.56 Å². The fourth-order valence-corrected chi connectivity index (χ4v) is 2.49. The molecule has 0 saturated carbocycles. The fourth-order valence-electron chi connectivity index (χ4n) is 2.10. The predicted molar refractivity (Wildman–Crippen MR) is 95.9 cm³/mol. The van der Waals surface area contributed by atoms with Crippen molar-refractivity contribution < 1.29 is 0 Å². The average molecular weight is 370 g/mol. The summed E-state index contributed by atoms with van der Waals surface area (Å²) in [5.41, 5.74) is 2.21. The van der Waals surface area contributed by atoms with Crippen molar-refractivity contribution in [3.63, 3.8) is 0 Å². The van der Waals surface area contributed by atoms with Crippen molar-refractivity contribution in [3.8, 4) is 0 Å². The van der Waals surface area contributed by atoms with Crippen LogP contribution in [0.1, 0.15) is 5.56 Å². The summed E-state index contributed by atoms with van der Waals surface area (Å²) in [6.07, 6.45) is 2.51. The minimum atomic E-state index is 0.512. The van der Waals surface area contributed by atoms with E-state index >= 15 is 0 Å². The van der Waals surface area contributed by atoms with Crippen molar-refractivity contribution in [1.82, 2.24) is 15.2 Å². The zero-order valence-corrected chi connectivity index (χ0v) is 14.0. The van der Waals surface area contributed by atoms with Gasteiger partial charge < -0.3 is 10.6 Å². The Labute approximate surface area is 143 Å². The first-order valence-corrected chi connectivity index (χ1v) is 8.09. The topological polar surface area (TPSA) is 62.7 Å². The third-order valence-electron chi connectivity index (χ3n) is 3.24. The van der Waals surface area contributed by atoms with Crippen LogP contribution in [0.3, 0.4) is 0 Å². The minimum absolute atomic E-state index is 0.512. The van der Waals surface area contributed by atoms with E-state index in [0.29, 0.717) is 11.8 Å². The molecule has 0 radical (unpaired) electrons. The molecule has 0 aliphatic carbocycles. The molecule has 0 saturated heterocycles. The summed E-state index contributed by atoms with van der Waals surface area (Å²) < 4.78 is 0.970. The number of nitrogens with one attached hydrogen (secondary N) is 2. The molecule has 0 bridgehead atoms. The molecule has 1 aromatic heterocycles. The Hall–Kier alpha value is -2.47. The zero-order valence-electron chi connectivity index (χ0n) is 12.4. The maximum absolute atomic E-state index is 4.42. The molecule has 0 unspecified atom stereocenters. The molecule has 1 heterocycles. The van der Waals surface area contributed by atoms with E-state index < -0.39 is 0 Å². The molecule has 5 nitrogen and oxygen atoms in total. The van der Waals surface area contributed by atoms with Crippen molar-refractivity contribution in [2.75, 3.05) is 17.2 Å². The first-order chi connectivity index (χ1) is 11.3. The number of nitrogens with zero attached hydrogens (tertiary/aromatic N) is 3. The van der Waals surface area contributed by atoms with Gasteiger partial charge in [-0.3, -0.25) is 0 Å². The maximum atomic E-state index is 4.42. The first kappa shape index (κ1) is 15.4. The van der Waals surface area contributed by atoms with Gasteiger partial charge in [0, 0.05) is 11.0 Å². The van der Waals surface area contributed by atoms with Crippen LogP contribution in [0.2, 0.25) is 0 Å². The lowest BCUT2D eigenvalue weighted by Gasteiger charge is -2.09. The van der Waals surface area contributed by atoms with Crippen molar-refractivity contribution >= 4 is 33.4 Å². The van der Waals surface area contributed by atoms with Gasteiger partial charge in [0.05, 0.1) is 11.9 Å². The molecule has 2 aromatic carbocycles. The number of hydrogen-bond donors (Lipinski definition) is 2. The summed E-state index contributed by atoms with van der Waals surface area (Å²) in [7, 11) is 0. The Morgan fingerprint density at radius 1 is 0.957 bits per heavy atom. The second-order valence-corrected chi connectivity index (χ2v) is 5.79. The highest BCUT2D eigenvalue weighted by molar-refractivity contribution is 9.10. The van der Waals surface area contributed by atoms with E-state index in [1.54, 1.807) is 6.20 Å². The van der Waals surface area contributed by atoms with Crippen LogP contribution < -0.4 is 10.6 Å². The minimum Gasteiger partial charge on any atom is -0.353 e. The van der Waals surface area contributed by atoms with E-state index in [0.717, 1.165) is 23.1 Å². The van der Waals surface area contributed by atoms with Crippen LogP contribution in [0, 0.1) is 0 Å². The van der Waals surface area contributed by atoms with Gasteiger partial charge in [0.15, 0.2) is 5.82 Å². The first-order valence-electron chi connectivity index (χ1n) is 7.30. The normalized spacial score (nSPS) is 10.3. The molecular weight excluding hydrogens is 354 g/mol. The molecular formula is C17H16BrN5. The van der Waals surface area contributed by atoms with Crippen LogP contribution in [-0.4, -0.2) is 21.7 Å². The third kappa shape index (κ3) is 4.50.